The number of nitrogens with zero attached hydrogens (tertiary/aromatic N) is 1. The summed E-state index contributed by atoms with van der Waals surface area (Å²) in [6.07, 6.45) is 1.62. The number of amides is 1. The van der Waals surface area contributed by atoms with E-state index in [0.29, 0.717) is 13.1 Å². The third kappa shape index (κ3) is 4.19. The second kappa shape index (κ2) is 6.45. The molecule has 2 aromatic heterocycles. The Kier molecular flexibility index (Phi) is 4.85. The van der Waals surface area contributed by atoms with Gasteiger partial charge in [-0.2, -0.15) is 0 Å². The van der Waals surface area contributed by atoms with Crippen molar-refractivity contribution < 1.29 is 9.21 Å². The molecule has 0 aliphatic rings. The first-order chi connectivity index (χ1) is 9.88. The largest absolute Gasteiger partial charge is 0.467 e. The quantitative estimate of drug-likeness (QED) is 0.922. The van der Waals surface area contributed by atoms with Crippen molar-refractivity contribution >= 4 is 17.2 Å². The number of furan rings is 1. The summed E-state index contributed by atoms with van der Waals surface area (Å²) < 4.78 is 5.37. The van der Waals surface area contributed by atoms with Crippen LogP contribution in [-0.2, 0) is 17.9 Å². The molecule has 0 bridgehead atoms. The SMILES string of the molecule is CC(C)(C)[C@@H](N)C(=O)N(Cc1ccco1)Cc1cccs1. The Bertz CT molecular complexity index is 519. The summed E-state index contributed by atoms with van der Waals surface area (Å²) in [6.45, 7) is 6.93. The second-order valence-electron chi connectivity index (χ2n) is 6.20. The molecule has 2 aromatic rings. The summed E-state index contributed by atoms with van der Waals surface area (Å²) in [5.41, 5.74) is 5.86. The van der Waals surface area contributed by atoms with Gasteiger partial charge in [0.25, 0.3) is 0 Å². The molecule has 0 spiro atoms. The second-order valence-corrected chi connectivity index (χ2v) is 7.23. The highest BCUT2D eigenvalue weighted by atomic mass is 32.1. The van der Waals surface area contributed by atoms with Crippen LogP contribution in [0.2, 0.25) is 0 Å². The zero-order valence-corrected chi connectivity index (χ0v) is 13.5. The molecule has 2 rings (SSSR count). The number of nitrogens with two attached hydrogens (primary N) is 1. The molecule has 0 aliphatic carbocycles. The summed E-state index contributed by atoms with van der Waals surface area (Å²) in [5, 5.41) is 2.01. The average molecular weight is 306 g/mol. The van der Waals surface area contributed by atoms with Gasteiger partial charge in [-0.15, -0.1) is 11.3 Å². The molecule has 2 N–H and O–H groups in total. The van der Waals surface area contributed by atoms with E-state index < -0.39 is 6.04 Å². The number of rotatable bonds is 5. The standard InChI is InChI=1S/C16H22N2O2S/c1-16(2,3)14(17)15(19)18(10-12-6-4-8-20-12)11-13-7-5-9-21-13/h4-9,14H,10-11,17H2,1-3H3/t14-/m0/s1. The summed E-state index contributed by atoms with van der Waals surface area (Å²) in [4.78, 5) is 15.6. The van der Waals surface area contributed by atoms with Crippen molar-refractivity contribution in [2.75, 3.05) is 0 Å². The Morgan fingerprint density at radius 1 is 1.33 bits per heavy atom. The van der Waals surface area contributed by atoms with Crippen LogP contribution < -0.4 is 5.73 Å². The first kappa shape index (κ1) is 15.8. The molecule has 1 atom stereocenters. The number of carbonyl (C=O) groups excluding carboxylic acids is 1. The van der Waals surface area contributed by atoms with Crippen LogP contribution in [0.3, 0.4) is 0 Å². The minimum absolute atomic E-state index is 0.0488. The highest BCUT2D eigenvalue weighted by Gasteiger charge is 2.31. The van der Waals surface area contributed by atoms with Crippen LogP contribution in [0.5, 0.6) is 0 Å². The summed E-state index contributed by atoms with van der Waals surface area (Å²) in [6, 6.07) is 7.17. The van der Waals surface area contributed by atoms with Gasteiger partial charge in [-0.05, 0) is 29.0 Å². The van der Waals surface area contributed by atoms with Gasteiger partial charge in [-0.1, -0.05) is 26.8 Å². The van der Waals surface area contributed by atoms with Crippen molar-refractivity contribution in [3.05, 3.63) is 46.5 Å². The number of thiophene rings is 1. The van der Waals surface area contributed by atoms with E-state index >= 15 is 0 Å². The molecule has 0 saturated heterocycles. The van der Waals surface area contributed by atoms with Gasteiger partial charge in [-0.25, -0.2) is 0 Å². The van der Waals surface area contributed by atoms with Crippen LogP contribution in [-0.4, -0.2) is 16.8 Å². The Labute approximate surface area is 129 Å². The molecule has 5 heteroatoms. The molecule has 0 aromatic carbocycles. The molecule has 1 amide bonds. The van der Waals surface area contributed by atoms with Gasteiger partial charge >= 0.3 is 0 Å². The zero-order chi connectivity index (χ0) is 15.5. The maximum Gasteiger partial charge on any atom is 0.240 e. The van der Waals surface area contributed by atoms with Crippen LogP contribution in [0.1, 0.15) is 31.4 Å². The van der Waals surface area contributed by atoms with Crippen molar-refractivity contribution in [3.8, 4) is 0 Å². The topological polar surface area (TPSA) is 59.5 Å². The van der Waals surface area contributed by atoms with E-state index in [1.54, 1.807) is 22.5 Å². The number of hydrogen-bond acceptors (Lipinski definition) is 4. The van der Waals surface area contributed by atoms with E-state index in [2.05, 4.69) is 0 Å². The minimum Gasteiger partial charge on any atom is -0.467 e. The molecule has 21 heavy (non-hydrogen) atoms. The predicted octanol–water partition coefficient (Wildman–Crippen LogP) is 3.24. The molecule has 2 heterocycles. The van der Waals surface area contributed by atoms with E-state index in [1.165, 1.54) is 0 Å². The molecule has 0 radical (unpaired) electrons. The Morgan fingerprint density at radius 3 is 2.62 bits per heavy atom. The average Bonchev–Trinajstić information content (AvgIpc) is 3.08. The Morgan fingerprint density at radius 2 is 2.10 bits per heavy atom. The Balaban J connectivity index is 2.16. The lowest BCUT2D eigenvalue weighted by molar-refractivity contribution is -0.136. The van der Waals surface area contributed by atoms with Gasteiger partial charge in [0, 0.05) is 4.88 Å². The summed E-state index contributed by atoms with van der Waals surface area (Å²) in [7, 11) is 0. The van der Waals surface area contributed by atoms with E-state index in [-0.39, 0.29) is 11.3 Å². The molecule has 114 valence electrons. The van der Waals surface area contributed by atoms with Gasteiger partial charge in [0.1, 0.15) is 5.76 Å². The van der Waals surface area contributed by atoms with Crippen LogP contribution in [0.25, 0.3) is 0 Å². The maximum absolute atomic E-state index is 12.7. The first-order valence-corrected chi connectivity index (χ1v) is 7.85. The fourth-order valence-corrected chi connectivity index (χ4v) is 2.68. The fraction of sp³-hybridized carbons (Fsp3) is 0.438. The van der Waals surface area contributed by atoms with Crippen LogP contribution >= 0.6 is 11.3 Å². The van der Waals surface area contributed by atoms with Gasteiger partial charge in [0.15, 0.2) is 0 Å². The smallest absolute Gasteiger partial charge is 0.240 e. The summed E-state index contributed by atoms with van der Waals surface area (Å²) in [5.74, 6) is 0.716. The minimum atomic E-state index is -0.535. The molecule has 0 fully saturated rings. The van der Waals surface area contributed by atoms with Crippen molar-refractivity contribution in [3.63, 3.8) is 0 Å². The van der Waals surface area contributed by atoms with Crippen LogP contribution in [0, 0.1) is 5.41 Å². The lowest BCUT2D eigenvalue weighted by atomic mass is 9.86. The van der Waals surface area contributed by atoms with Gasteiger partial charge in [0.2, 0.25) is 5.91 Å². The third-order valence-corrected chi connectivity index (χ3v) is 4.23. The van der Waals surface area contributed by atoms with E-state index in [9.17, 15) is 4.79 Å². The normalized spacial score (nSPS) is 13.1. The van der Waals surface area contributed by atoms with E-state index in [1.807, 2.05) is 50.4 Å². The summed E-state index contributed by atoms with van der Waals surface area (Å²) >= 11 is 1.64. The number of hydrogen-bond donors (Lipinski definition) is 1. The maximum atomic E-state index is 12.7. The zero-order valence-electron chi connectivity index (χ0n) is 12.7. The Hall–Kier alpha value is -1.59. The molecular weight excluding hydrogens is 284 g/mol. The fourth-order valence-electron chi connectivity index (χ4n) is 1.96. The van der Waals surface area contributed by atoms with Crippen molar-refractivity contribution in [2.45, 2.75) is 39.9 Å². The monoisotopic (exact) mass is 306 g/mol. The van der Waals surface area contributed by atoms with Gasteiger partial charge < -0.3 is 15.1 Å². The molecule has 0 aliphatic heterocycles. The first-order valence-electron chi connectivity index (χ1n) is 6.97. The third-order valence-electron chi connectivity index (χ3n) is 3.36. The predicted molar refractivity (Wildman–Crippen MR) is 84.7 cm³/mol. The van der Waals surface area contributed by atoms with Crippen molar-refractivity contribution in [1.29, 1.82) is 0 Å². The molecular formula is C16H22N2O2S. The van der Waals surface area contributed by atoms with Crippen LogP contribution in [0.15, 0.2) is 40.3 Å². The van der Waals surface area contributed by atoms with E-state index in [0.717, 1.165) is 10.6 Å². The van der Waals surface area contributed by atoms with Crippen LogP contribution in [0.4, 0.5) is 0 Å². The molecule has 0 saturated carbocycles. The van der Waals surface area contributed by atoms with Gasteiger partial charge in [-0.3, -0.25) is 4.79 Å². The van der Waals surface area contributed by atoms with E-state index in [4.69, 9.17) is 10.2 Å². The lowest BCUT2D eigenvalue weighted by Gasteiger charge is -2.31. The van der Waals surface area contributed by atoms with Crippen molar-refractivity contribution in [1.82, 2.24) is 4.90 Å². The van der Waals surface area contributed by atoms with Gasteiger partial charge in [0.05, 0.1) is 25.4 Å². The highest BCUT2D eigenvalue weighted by Crippen LogP contribution is 2.22. The molecule has 4 nitrogen and oxygen atoms in total. The van der Waals surface area contributed by atoms with Crippen molar-refractivity contribution in [2.24, 2.45) is 11.1 Å². The number of carbonyl (C=O) groups is 1. The molecule has 0 unspecified atom stereocenters. The highest BCUT2D eigenvalue weighted by molar-refractivity contribution is 7.09. The lowest BCUT2D eigenvalue weighted by Crippen LogP contribution is -2.49.